The van der Waals surface area contributed by atoms with Gasteiger partial charge < -0.3 is 15.4 Å². The number of fused-ring (bicyclic) bond motifs is 1. The highest BCUT2D eigenvalue weighted by atomic mass is 16.5. The van der Waals surface area contributed by atoms with Crippen molar-refractivity contribution in [1.82, 2.24) is 10.6 Å². The van der Waals surface area contributed by atoms with Gasteiger partial charge in [0.2, 0.25) is 0 Å². The van der Waals surface area contributed by atoms with Crippen molar-refractivity contribution in [3.05, 3.63) is 59.3 Å². The first kappa shape index (κ1) is 15.1. The molecule has 5 nitrogen and oxygen atoms in total. The molecule has 2 aromatic rings. The predicted molar refractivity (Wildman–Crippen MR) is 87.7 cm³/mol. The van der Waals surface area contributed by atoms with E-state index >= 15 is 0 Å². The molecule has 1 aliphatic heterocycles. The van der Waals surface area contributed by atoms with E-state index in [4.69, 9.17) is 4.74 Å². The van der Waals surface area contributed by atoms with Gasteiger partial charge in [0.15, 0.2) is 0 Å². The van der Waals surface area contributed by atoms with Crippen molar-refractivity contribution in [1.29, 1.82) is 0 Å². The van der Waals surface area contributed by atoms with Crippen molar-refractivity contribution in [3.8, 4) is 0 Å². The van der Waals surface area contributed by atoms with Gasteiger partial charge in [-0.1, -0.05) is 42.5 Å². The summed E-state index contributed by atoms with van der Waals surface area (Å²) < 4.78 is 5.16. The summed E-state index contributed by atoms with van der Waals surface area (Å²) in [6.45, 7) is 3.75. The summed E-state index contributed by atoms with van der Waals surface area (Å²) in [6.07, 6.45) is 0. The number of allylic oxidation sites excluding steroid dienone is 1. The summed E-state index contributed by atoms with van der Waals surface area (Å²) in [4.78, 5) is 24.3. The first-order valence-electron chi connectivity index (χ1n) is 7.55. The number of esters is 1. The average molecular weight is 310 g/mol. The molecular weight excluding hydrogens is 292 g/mol. The van der Waals surface area contributed by atoms with Crippen LogP contribution in [0.15, 0.2) is 53.7 Å². The Hall–Kier alpha value is -2.82. The minimum absolute atomic E-state index is 0.284. The maximum atomic E-state index is 12.4. The minimum Gasteiger partial charge on any atom is -0.463 e. The molecule has 2 N–H and O–H groups in total. The van der Waals surface area contributed by atoms with Crippen LogP contribution in [0.25, 0.3) is 10.8 Å². The molecule has 118 valence electrons. The van der Waals surface area contributed by atoms with E-state index in [-0.39, 0.29) is 12.6 Å². The van der Waals surface area contributed by atoms with Gasteiger partial charge in [-0.05, 0) is 30.2 Å². The number of nitrogens with one attached hydrogen (secondary N) is 2. The highest BCUT2D eigenvalue weighted by Gasteiger charge is 2.32. The van der Waals surface area contributed by atoms with Crippen molar-refractivity contribution in [2.45, 2.75) is 19.9 Å². The predicted octanol–water partition coefficient (Wildman–Crippen LogP) is 3.03. The molecule has 0 bridgehead atoms. The van der Waals surface area contributed by atoms with Gasteiger partial charge in [0.25, 0.3) is 0 Å². The quantitative estimate of drug-likeness (QED) is 0.856. The van der Waals surface area contributed by atoms with Crippen LogP contribution in [0, 0.1) is 0 Å². The van der Waals surface area contributed by atoms with Crippen molar-refractivity contribution >= 4 is 22.8 Å². The number of hydrogen-bond donors (Lipinski definition) is 2. The Labute approximate surface area is 134 Å². The second-order valence-electron chi connectivity index (χ2n) is 5.36. The summed E-state index contributed by atoms with van der Waals surface area (Å²) in [7, 11) is 0. The fourth-order valence-electron chi connectivity index (χ4n) is 2.91. The van der Waals surface area contributed by atoms with Gasteiger partial charge in [0, 0.05) is 5.70 Å². The van der Waals surface area contributed by atoms with Gasteiger partial charge in [0.1, 0.15) is 0 Å². The van der Waals surface area contributed by atoms with Gasteiger partial charge in [-0.15, -0.1) is 0 Å². The first-order chi connectivity index (χ1) is 11.1. The normalized spacial score (nSPS) is 17.7. The largest absolute Gasteiger partial charge is 0.463 e. The molecule has 0 aliphatic carbocycles. The monoisotopic (exact) mass is 310 g/mol. The number of benzene rings is 2. The smallest absolute Gasteiger partial charge is 0.338 e. The Morgan fingerprint density at radius 1 is 1.17 bits per heavy atom. The van der Waals surface area contributed by atoms with Crippen LogP contribution in [0.2, 0.25) is 0 Å². The minimum atomic E-state index is -0.533. The lowest BCUT2D eigenvalue weighted by Gasteiger charge is -2.28. The molecule has 2 aromatic carbocycles. The van der Waals surface area contributed by atoms with Crippen LogP contribution in [0.3, 0.4) is 0 Å². The molecule has 0 saturated carbocycles. The molecule has 1 aliphatic rings. The summed E-state index contributed by atoms with van der Waals surface area (Å²) in [5.74, 6) is -0.421. The number of urea groups is 1. The number of rotatable bonds is 3. The van der Waals surface area contributed by atoms with Crippen molar-refractivity contribution < 1.29 is 14.3 Å². The number of carbonyl (C=O) groups excluding carboxylic acids is 2. The van der Waals surface area contributed by atoms with E-state index in [2.05, 4.69) is 10.6 Å². The highest BCUT2D eigenvalue weighted by molar-refractivity contribution is 5.97. The second-order valence-corrected chi connectivity index (χ2v) is 5.36. The third kappa shape index (κ3) is 2.77. The molecule has 23 heavy (non-hydrogen) atoms. The lowest BCUT2D eigenvalue weighted by molar-refractivity contribution is -0.139. The molecule has 0 aromatic heterocycles. The lowest BCUT2D eigenvalue weighted by Crippen LogP contribution is -2.45. The topological polar surface area (TPSA) is 67.4 Å². The fraction of sp³-hybridized carbons (Fsp3) is 0.222. The molecule has 0 radical (unpaired) electrons. The molecule has 3 rings (SSSR count). The van der Waals surface area contributed by atoms with Crippen LogP contribution in [0.1, 0.15) is 25.5 Å². The Bertz CT molecular complexity index is 806. The number of carbonyl (C=O) groups is 2. The molecule has 0 unspecified atom stereocenters. The van der Waals surface area contributed by atoms with Crippen molar-refractivity contribution in [2.75, 3.05) is 6.61 Å². The number of hydrogen-bond acceptors (Lipinski definition) is 3. The van der Waals surface area contributed by atoms with Gasteiger partial charge in [-0.2, -0.15) is 0 Å². The van der Waals surface area contributed by atoms with E-state index in [1.165, 1.54) is 0 Å². The van der Waals surface area contributed by atoms with E-state index in [1.807, 2.05) is 42.5 Å². The Morgan fingerprint density at radius 3 is 2.70 bits per heavy atom. The van der Waals surface area contributed by atoms with Crippen LogP contribution >= 0.6 is 0 Å². The van der Waals surface area contributed by atoms with E-state index in [0.29, 0.717) is 11.3 Å². The Balaban J connectivity index is 2.16. The molecule has 1 atom stereocenters. The van der Waals surface area contributed by atoms with Crippen LogP contribution < -0.4 is 10.6 Å². The molecule has 2 amide bonds. The van der Waals surface area contributed by atoms with Gasteiger partial charge >= 0.3 is 12.0 Å². The van der Waals surface area contributed by atoms with Crippen LogP contribution in [0.4, 0.5) is 4.79 Å². The van der Waals surface area contributed by atoms with Crippen LogP contribution in [-0.4, -0.2) is 18.6 Å². The average Bonchev–Trinajstić information content (AvgIpc) is 2.53. The maximum Gasteiger partial charge on any atom is 0.338 e. The third-order valence-corrected chi connectivity index (χ3v) is 3.90. The van der Waals surface area contributed by atoms with Crippen molar-refractivity contribution in [3.63, 3.8) is 0 Å². The van der Waals surface area contributed by atoms with Crippen molar-refractivity contribution in [2.24, 2.45) is 0 Å². The van der Waals surface area contributed by atoms with E-state index in [0.717, 1.165) is 16.3 Å². The maximum absolute atomic E-state index is 12.4. The number of ether oxygens (including phenoxy) is 1. The number of amides is 2. The molecule has 1 heterocycles. The molecular formula is C18H18N2O3. The standard InChI is InChI=1S/C18H18N2O3/c1-3-23-17(21)15-11(2)19-18(22)20-16(15)14-10-6-8-12-7-4-5-9-13(12)14/h4-10,16H,3H2,1-2H3,(H2,19,20,22)/t16-/m0/s1. The van der Waals surface area contributed by atoms with Gasteiger partial charge in [-0.3, -0.25) is 0 Å². The summed E-state index contributed by atoms with van der Waals surface area (Å²) >= 11 is 0. The zero-order valence-corrected chi connectivity index (χ0v) is 13.1. The summed E-state index contributed by atoms with van der Waals surface area (Å²) in [5, 5.41) is 7.53. The zero-order chi connectivity index (χ0) is 16.4. The van der Waals surface area contributed by atoms with Crippen LogP contribution in [0.5, 0.6) is 0 Å². The molecule has 0 fully saturated rings. The first-order valence-corrected chi connectivity index (χ1v) is 7.55. The Kier molecular flexibility index (Phi) is 4.02. The SMILES string of the molecule is CCOC(=O)C1=C(C)NC(=O)N[C@H]1c1cccc2ccccc12. The second kappa shape index (κ2) is 6.12. The lowest BCUT2D eigenvalue weighted by atomic mass is 9.91. The Morgan fingerprint density at radius 2 is 1.91 bits per heavy atom. The van der Waals surface area contributed by atoms with E-state index in [1.54, 1.807) is 13.8 Å². The molecule has 5 heteroatoms. The zero-order valence-electron chi connectivity index (χ0n) is 13.1. The third-order valence-electron chi connectivity index (χ3n) is 3.90. The fourth-order valence-corrected chi connectivity index (χ4v) is 2.91. The van der Waals surface area contributed by atoms with Gasteiger partial charge in [-0.25, -0.2) is 9.59 Å². The van der Waals surface area contributed by atoms with E-state index in [9.17, 15) is 9.59 Å². The molecule has 0 spiro atoms. The van der Waals surface area contributed by atoms with E-state index < -0.39 is 12.0 Å². The van der Waals surface area contributed by atoms with Crippen LogP contribution in [-0.2, 0) is 9.53 Å². The highest BCUT2D eigenvalue weighted by Crippen LogP contribution is 2.32. The molecule has 0 saturated heterocycles. The summed E-state index contributed by atoms with van der Waals surface area (Å²) in [5.41, 5.74) is 1.83. The summed E-state index contributed by atoms with van der Waals surface area (Å²) in [6, 6.07) is 12.9. The van der Waals surface area contributed by atoms with Gasteiger partial charge in [0.05, 0.1) is 18.2 Å².